The Morgan fingerprint density at radius 3 is 2.71 bits per heavy atom. The van der Waals surface area contributed by atoms with Gasteiger partial charge >= 0.3 is 0 Å². The van der Waals surface area contributed by atoms with Gasteiger partial charge in [-0.1, -0.05) is 12.1 Å². The van der Waals surface area contributed by atoms with E-state index in [1.165, 1.54) is 0 Å². The van der Waals surface area contributed by atoms with E-state index in [1.54, 1.807) is 32.3 Å². The van der Waals surface area contributed by atoms with Crippen LogP contribution in [-0.2, 0) is 4.79 Å². The number of carbonyl (C=O) groups excluding carboxylic acids is 1. The summed E-state index contributed by atoms with van der Waals surface area (Å²) in [5.74, 6) is 0.674. The molecule has 2 rings (SSSR count). The molecule has 6 nitrogen and oxygen atoms in total. The molecule has 1 unspecified atom stereocenters. The first-order valence-corrected chi connectivity index (χ1v) is 5.36. The van der Waals surface area contributed by atoms with Gasteiger partial charge < -0.3 is 4.52 Å². The van der Waals surface area contributed by atoms with Crippen molar-refractivity contribution in [1.82, 2.24) is 20.1 Å². The van der Waals surface area contributed by atoms with Crippen molar-refractivity contribution in [2.24, 2.45) is 0 Å². The molecular formula is C11H12N4O2. The summed E-state index contributed by atoms with van der Waals surface area (Å²) >= 11 is 0. The first-order chi connectivity index (χ1) is 8.22. The Bertz CT molecular complexity index is 509. The quantitative estimate of drug-likeness (QED) is 0.796. The first-order valence-electron chi connectivity index (χ1n) is 5.36. The number of carbonyl (C=O) groups is 1. The summed E-state index contributed by atoms with van der Waals surface area (Å²) in [4.78, 5) is 23.6. The van der Waals surface area contributed by atoms with Crippen molar-refractivity contribution in [1.29, 1.82) is 0 Å². The van der Waals surface area contributed by atoms with Gasteiger partial charge in [-0.05, 0) is 13.0 Å². The maximum atomic E-state index is 11.5. The lowest BCUT2D eigenvalue weighted by Crippen LogP contribution is -2.07. The zero-order valence-corrected chi connectivity index (χ0v) is 9.62. The third-order valence-electron chi connectivity index (χ3n) is 2.41. The summed E-state index contributed by atoms with van der Waals surface area (Å²) in [5, 5.41) is 3.76. The van der Waals surface area contributed by atoms with Crippen LogP contribution in [0.1, 0.15) is 32.1 Å². The molecule has 17 heavy (non-hydrogen) atoms. The van der Waals surface area contributed by atoms with Gasteiger partial charge in [-0.3, -0.25) is 4.79 Å². The Balaban J connectivity index is 2.25. The molecule has 0 aliphatic heterocycles. The van der Waals surface area contributed by atoms with E-state index in [4.69, 9.17) is 4.52 Å². The summed E-state index contributed by atoms with van der Waals surface area (Å²) in [6, 6.07) is 1.70. The van der Waals surface area contributed by atoms with E-state index in [2.05, 4.69) is 20.1 Å². The largest absolute Gasteiger partial charge is 0.338 e. The topological polar surface area (TPSA) is 81.8 Å². The van der Waals surface area contributed by atoms with Gasteiger partial charge in [-0.25, -0.2) is 9.97 Å². The summed E-state index contributed by atoms with van der Waals surface area (Å²) in [6.07, 6.45) is 3.64. The van der Waals surface area contributed by atoms with Crippen molar-refractivity contribution in [2.45, 2.75) is 26.2 Å². The van der Waals surface area contributed by atoms with Gasteiger partial charge in [-0.15, -0.1) is 0 Å². The van der Waals surface area contributed by atoms with Crippen molar-refractivity contribution in [3.63, 3.8) is 0 Å². The van der Waals surface area contributed by atoms with Crippen LogP contribution in [0.4, 0.5) is 0 Å². The molecule has 2 aromatic heterocycles. The van der Waals surface area contributed by atoms with Crippen LogP contribution in [0.5, 0.6) is 0 Å². The standard InChI is InChI=1S/C11H12N4O2/c1-3-8(16)7(2)11-14-10(15-17-11)9-12-5-4-6-13-9/h4-7H,3H2,1-2H3. The van der Waals surface area contributed by atoms with Crippen LogP contribution in [0.25, 0.3) is 11.6 Å². The van der Waals surface area contributed by atoms with E-state index >= 15 is 0 Å². The maximum absolute atomic E-state index is 11.5. The predicted octanol–water partition coefficient (Wildman–Crippen LogP) is 1.61. The van der Waals surface area contributed by atoms with Crippen LogP contribution in [0.3, 0.4) is 0 Å². The molecule has 0 bridgehead atoms. The van der Waals surface area contributed by atoms with E-state index < -0.39 is 0 Å². The Labute approximate surface area is 98.1 Å². The smallest absolute Gasteiger partial charge is 0.240 e. The third kappa shape index (κ3) is 2.35. The zero-order valence-electron chi connectivity index (χ0n) is 9.62. The number of hydrogen-bond acceptors (Lipinski definition) is 6. The second-order valence-electron chi connectivity index (χ2n) is 3.57. The number of nitrogens with zero attached hydrogens (tertiary/aromatic N) is 4. The molecule has 0 spiro atoms. The maximum Gasteiger partial charge on any atom is 0.240 e. The fourth-order valence-corrected chi connectivity index (χ4v) is 1.36. The molecule has 0 N–H and O–H groups in total. The molecule has 1 atom stereocenters. The highest BCUT2D eigenvalue weighted by Crippen LogP contribution is 2.18. The van der Waals surface area contributed by atoms with Crippen LogP contribution >= 0.6 is 0 Å². The van der Waals surface area contributed by atoms with Crippen LogP contribution < -0.4 is 0 Å². The predicted molar refractivity (Wildman–Crippen MR) is 59.0 cm³/mol. The van der Waals surface area contributed by atoms with Crippen LogP contribution in [0.15, 0.2) is 23.0 Å². The summed E-state index contributed by atoms with van der Waals surface area (Å²) in [6.45, 7) is 3.55. The van der Waals surface area contributed by atoms with Crippen molar-refractivity contribution in [2.75, 3.05) is 0 Å². The molecule has 0 amide bonds. The van der Waals surface area contributed by atoms with Crippen LogP contribution in [0, 0.1) is 0 Å². The summed E-state index contributed by atoms with van der Waals surface area (Å²) in [5.41, 5.74) is 0. The van der Waals surface area contributed by atoms with Crippen molar-refractivity contribution >= 4 is 5.78 Å². The molecule has 0 radical (unpaired) electrons. The second-order valence-corrected chi connectivity index (χ2v) is 3.57. The monoisotopic (exact) mass is 232 g/mol. The van der Waals surface area contributed by atoms with Gasteiger partial charge in [0.15, 0.2) is 0 Å². The number of ketones is 1. The minimum atomic E-state index is -0.384. The molecule has 0 saturated carbocycles. The molecule has 6 heteroatoms. The lowest BCUT2D eigenvalue weighted by molar-refractivity contribution is -0.120. The Morgan fingerprint density at radius 2 is 2.06 bits per heavy atom. The fraction of sp³-hybridized carbons (Fsp3) is 0.364. The molecule has 2 heterocycles. The number of aromatic nitrogens is 4. The summed E-state index contributed by atoms with van der Waals surface area (Å²) in [7, 11) is 0. The molecule has 0 aliphatic rings. The highest BCUT2D eigenvalue weighted by Gasteiger charge is 2.21. The fourth-order valence-electron chi connectivity index (χ4n) is 1.36. The van der Waals surface area contributed by atoms with Crippen LogP contribution in [0.2, 0.25) is 0 Å². The average Bonchev–Trinajstić information content (AvgIpc) is 2.87. The highest BCUT2D eigenvalue weighted by atomic mass is 16.5. The lowest BCUT2D eigenvalue weighted by atomic mass is 10.1. The minimum Gasteiger partial charge on any atom is -0.338 e. The average molecular weight is 232 g/mol. The van der Waals surface area contributed by atoms with Gasteiger partial charge in [0.1, 0.15) is 5.78 Å². The van der Waals surface area contributed by atoms with E-state index in [0.29, 0.717) is 24.0 Å². The van der Waals surface area contributed by atoms with Crippen molar-refractivity contribution < 1.29 is 9.32 Å². The Morgan fingerprint density at radius 1 is 1.35 bits per heavy atom. The van der Waals surface area contributed by atoms with E-state index in [1.807, 2.05) is 0 Å². The summed E-state index contributed by atoms with van der Waals surface area (Å²) < 4.78 is 5.04. The third-order valence-corrected chi connectivity index (χ3v) is 2.41. The van der Waals surface area contributed by atoms with Gasteiger partial charge in [0.25, 0.3) is 0 Å². The second kappa shape index (κ2) is 4.82. The van der Waals surface area contributed by atoms with Crippen LogP contribution in [-0.4, -0.2) is 25.9 Å². The van der Waals surface area contributed by atoms with Gasteiger partial charge in [0, 0.05) is 18.8 Å². The van der Waals surface area contributed by atoms with E-state index in [0.717, 1.165) is 0 Å². The Kier molecular flexibility index (Phi) is 3.22. The molecule has 0 fully saturated rings. The minimum absolute atomic E-state index is 0.0641. The molecule has 0 aliphatic carbocycles. The van der Waals surface area contributed by atoms with Gasteiger partial charge in [-0.2, -0.15) is 4.98 Å². The van der Waals surface area contributed by atoms with Gasteiger partial charge in [0.05, 0.1) is 5.92 Å². The van der Waals surface area contributed by atoms with E-state index in [9.17, 15) is 4.79 Å². The number of hydrogen-bond donors (Lipinski definition) is 0. The number of Topliss-reactive ketones (excluding diaryl/α,β-unsaturated/α-hetero) is 1. The van der Waals surface area contributed by atoms with Crippen molar-refractivity contribution in [3.8, 4) is 11.6 Å². The first kappa shape index (κ1) is 11.4. The SMILES string of the molecule is CCC(=O)C(C)c1nc(-c2ncccn2)no1. The highest BCUT2D eigenvalue weighted by molar-refractivity contribution is 5.84. The molecular weight excluding hydrogens is 220 g/mol. The van der Waals surface area contributed by atoms with Crippen molar-refractivity contribution in [3.05, 3.63) is 24.4 Å². The van der Waals surface area contributed by atoms with E-state index in [-0.39, 0.29) is 11.7 Å². The lowest BCUT2D eigenvalue weighted by Gasteiger charge is -2.01. The molecule has 88 valence electrons. The number of rotatable bonds is 4. The Hall–Kier alpha value is -2.11. The zero-order chi connectivity index (χ0) is 12.3. The molecule has 0 saturated heterocycles. The van der Waals surface area contributed by atoms with Gasteiger partial charge in [0.2, 0.25) is 17.5 Å². The molecule has 2 aromatic rings. The molecule has 0 aromatic carbocycles. The normalized spacial score (nSPS) is 12.4.